The number of halogens is 4. The molecule has 0 aliphatic heterocycles. The number of hydrogen-bond donors (Lipinski definition) is 1. The van der Waals surface area contributed by atoms with Crippen molar-refractivity contribution in [2.75, 3.05) is 5.32 Å². The standard InChI is InChI=1S/C13H10F4N2/c14-12-5-4-9(7-11(12)13(15,16)17)19-8-10-3-1-2-6-18-10/h1-7,19H,8H2. The molecule has 19 heavy (non-hydrogen) atoms. The van der Waals surface area contributed by atoms with E-state index in [1.54, 1.807) is 24.4 Å². The first-order valence-electron chi connectivity index (χ1n) is 5.47. The summed E-state index contributed by atoms with van der Waals surface area (Å²) in [7, 11) is 0. The number of pyridine rings is 1. The number of benzene rings is 1. The molecule has 0 unspecified atom stereocenters. The van der Waals surface area contributed by atoms with E-state index in [9.17, 15) is 17.6 Å². The summed E-state index contributed by atoms with van der Waals surface area (Å²) in [5.74, 6) is -1.28. The molecular formula is C13H10F4N2. The lowest BCUT2D eigenvalue weighted by Gasteiger charge is -2.11. The van der Waals surface area contributed by atoms with Crippen LogP contribution >= 0.6 is 0 Å². The summed E-state index contributed by atoms with van der Waals surface area (Å²) in [6, 6.07) is 8.05. The molecule has 0 amide bonds. The van der Waals surface area contributed by atoms with Crippen molar-refractivity contribution in [3.05, 3.63) is 59.7 Å². The largest absolute Gasteiger partial charge is 0.419 e. The van der Waals surface area contributed by atoms with Crippen LogP contribution in [0.4, 0.5) is 23.2 Å². The summed E-state index contributed by atoms with van der Waals surface area (Å²) >= 11 is 0. The van der Waals surface area contributed by atoms with Crippen molar-refractivity contribution in [2.24, 2.45) is 0 Å². The van der Waals surface area contributed by atoms with Crippen molar-refractivity contribution in [1.82, 2.24) is 4.98 Å². The molecule has 0 aliphatic rings. The van der Waals surface area contributed by atoms with Gasteiger partial charge in [-0.1, -0.05) is 6.07 Å². The van der Waals surface area contributed by atoms with Crippen LogP contribution in [-0.4, -0.2) is 4.98 Å². The van der Waals surface area contributed by atoms with Gasteiger partial charge in [-0.25, -0.2) is 4.39 Å². The Labute approximate surface area is 107 Å². The van der Waals surface area contributed by atoms with Gasteiger partial charge < -0.3 is 5.32 Å². The monoisotopic (exact) mass is 270 g/mol. The molecule has 6 heteroatoms. The molecule has 100 valence electrons. The van der Waals surface area contributed by atoms with Gasteiger partial charge in [0.1, 0.15) is 5.82 Å². The van der Waals surface area contributed by atoms with Crippen LogP contribution in [0.5, 0.6) is 0 Å². The van der Waals surface area contributed by atoms with E-state index in [-0.39, 0.29) is 12.2 Å². The molecule has 0 radical (unpaired) electrons. The van der Waals surface area contributed by atoms with E-state index in [4.69, 9.17) is 0 Å². The Bertz CT molecular complexity index is 552. The number of aromatic nitrogens is 1. The highest BCUT2D eigenvalue weighted by Gasteiger charge is 2.34. The van der Waals surface area contributed by atoms with E-state index in [1.165, 1.54) is 6.07 Å². The number of alkyl halides is 3. The van der Waals surface area contributed by atoms with Gasteiger partial charge in [0.25, 0.3) is 0 Å². The van der Waals surface area contributed by atoms with Crippen molar-refractivity contribution in [1.29, 1.82) is 0 Å². The van der Waals surface area contributed by atoms with Gasteiger partial charge in [0.05, 0.1) is 17.8 Å². The molecule has 0 atom stereocenters. The van der Waals surface area contributed by atoms with E-state index in [0.29, 0.717) is 5.69 Å². The lowest BCUT2D eigenvalue weighted by Crippen LogP contribution is -2.09. The molecule has 1 heterocycles. The predicted octanol–water partition coefficient (Wildman–Crippen LogP) is 3.85. The Kier molecular flexibility index (Phi) is 3.69. The second-order valence-corrected chi connectivity index (χ2v) is 3.87. The van der Waals surface area contributed by atoms with Crippen LogP contribution in [0.2, 0.25) is 0 Å². The first kappa shape index (κ1) is 13.3. The average molecular weight is 270 g/mol. The fourth-order valence-corrected chi connectivity index (χ4v) is 1.55. The summed E-state index contributed by atoms with van der Waals surface area (Å²) in [4.78, 5) is 4.02. The molecule has 2 aromatic rings. The van der Waals surface area contributed by atoms with E-state index in [1.807, 2.05) is 0 Å². The van der Waals surface area contributed by atoms with Gasteiger partial charge in [-0.05, 0) is 30.3 Å². The van der Waals surface area contributed by atoms with Crippen LogP contribution in [0.1, 0.15) is 11.3 Å². The smallest absolute Gasteiger partial charge is 0.379 e. The van der Waals surface area contributed by atoms with Crippen LogP contribution < -0.4 is 5.32 Å². The number of nitrogens with one attached hydrogen (secondary N) is 1. The lowest BCUT2D eigenvalue weighted by molar-refractivity contribution is -0.139. The zero-order chi connectivity index (χ0) is 13.9. The van der Waals surface area contributed by atoms with Crippen LogP contribution in [0, 0.1) is 5.82 Å². The molecule has 2 nitrogen and oxygen atoms in total. The molecule has 1 N–H and O–H groups in total. The van der Waals surface area contributed by atoms with Gasteiger partial charge in [-0.2, -0.15) is 13.2 Å². The molecule has 0 saturated heterocycles. The molecule has 0 spiro atoms. The Morgan fingerprint density at radius 1 is 1.11 bits per heavy atom. The zero-order valence-electron chi connectivity index (χ0n) is 9.71. The average Bonchev–Trinajstić information content (AvgIpc) is 2.37. The number of hydrogen-bond acceptors (Lipinski definition) is 2. The highest BCUT2D eigenvalue weighted by molar-refractivity contribution is 5.47. The summed E-state index contributed by atoms with van der Waals surface area (Å²) in [5, 5.41) is 2.77. The van der Waals surface area contributed by atoms with Crippen LogP contribution in [-0.2, 0) is 12.7 Å². The van der Waals surface area contributed by atoms with Crippen molar-refractivity contribution in [3.63, 3.8) is 0 Å². The predicted molar refractivity (Wildman–Crippen MR) is 63.0 cm³/mol. The lowest BCUT2D eigenvalue weighted by atomic mass is 10.2. The minimum absolute atomic E-state index is 0.194. The van der Waals surface area contributed by atoms with Gasteiger partial charge in [0, 0.05) is 11.9 Å². The molecule has 1 aromatic carbocycles. The summed E-state index contributed by atoms with van der Waals surface area (Å²) in [6.07, 6.45) is -3.12. The molecule has 0 fully saturated rings. The van der Waals surface area contributed by atoms with Gasteiger partial charge >= 0.3 is 6.18 Å². The number of nitrogens with zero attached hydrogens (tertiary/aromatic N) is 1. The second kappa shape index (κ2) is 5.26. The Balaban J connectivity index is 2.14. The molecule has 2 rings (SSSR count). The number of rotatable bonds is 3. The van der Waals surface area contributed by atoms with Crippen LogP contribution in [0.3, 0.4) is 0 Å². The minimum atomic E-state index is -4.70. The first-order chi connectivity index (χ1) is 8.97. The van der Waals surface area contributed by atoms with Crippen LogP contribution in [0.15, 0.2) is 42.6 Å². The van der Waals surface area contributed by atoms with Gasteiger partial charge in [-0.3, -0.25) is 4.98 Å². The Morgan fingerprint density at radius 3 is 2.53 bits per heavy atom. The highest BCUT2D eigenvalue weighted by Crippen LogP contribution is 2.33. The third-order valence-electron chi connectivity index (χ3n) is 2.47. The zero-order valence-corrected chi connectivity index (χ0v) is 9.71. The van der Waals surface area contributed by atoms with E-state index in [0.717, 1.165) is 12.1 Å². The van der Waals surface area contributed by atoms with Gasteiger partial charge in [-0.15, -0.1) is 0 Å². The van der Waals surface area contributed by atoms with Crippen LogP contribution in [0.25, 0.3) is 0 Å². The van der Waals surface area contributed by atoms with E-state index < -0.39 is 17.6 Å². The first-order valence-corrected chi connectivity index (χ1v) is 5.47. The number of anilines is 1. The maximum absolute atomic E-state index is 13.1. The molecule has 0 bridgehead atoms. The molecule has 1 aromatic heterocycles. The fourth-order valence-electron chi connectivity index (χ4n) is 1.55. The van der Waals surface area contributed by atoms with Crippen molar-refractivity contribution >= 4 is 5.69 Å². The third kappa shape index (κ3) is 3.43. The normalized spacial score (nSPS) is 11.4. The van der Waals surface area contributed by atoms with Gasteiger partial charge in [0.15, 0.2) is 0 Å². The second-order valence-electron chi connectivity index (χ2n) is 3.87. The Morgan fingerprint density at radius 2 is 1.89 bits per heavy atom. The van der Waals surface area contributed by atoms with E-state index in [2.05, 4.69) is 10.3 Å². The summed E-state index contributed by atoms with van der Waals surface area (Å²) < 4.78 is 50.6. The highest BCUT2D eigenvalue weighted by atomic mass is 19.4. The summed E-state index contributed by atoms with van der Waals surface area (Å²) in [5.41, 5.74) is -0.404. The van der Waals surface area contributed by atoms with Crippen molar-refractivity contribution in [2.45, 2.75) is 12.7 Å². The molecule has 0 saturated carbocycles. The van der Waals surface area contributed by atoms with E-state index >= 15 is 0 Å². The van der Waals surface area contributed by atoms with Crippen molar-refractivity contribution < 1.29 is 17.6 Å². The Hall–Kier alpha value is -2.11. The maximum atomic E-state index is 13.1. The topological polar surface area (TPSA) is 24.9 Å². The molecule has 0 aliphatic carbocycles. The van der Waals surface area contributed by atoms with Gasteiger partial charge in [0.2, 0.25) is 0 Å². The third-order valence-corrected chi connectivity index (χ3v) is 2.47. The maximum Gasteiger partial charge on any atom is 0.419 e. The summed E-state index contributed by atoms with van der Waals surface area (Å²) in [6.45, 7) is 0.268. The fraction of sp³-hybridized carbons (Fsp3) is 0.154. The molecular weight excluding hydrogens is 260 g/mol. The van der Waals surface area contributed by atoms with Crippen molar-refractivity contribution in [3.8, 4) is 0 Å². The minimum Gasteiger partial charge on any atom is -0.379 e. The SMILES string of the molecule is Fc1ccc(NCc2ccccn2)cc1C(F)(F)F. The quantitative estimate of drug-likeness (QED) is 0.857.